The lowest BCUT2D eigenvalue weighted by atomic mass is 10.3. The molecule has 9 heteroatoms. The number of nitrogens with zero attached hydrogens (tertiary/aromatic N) is 3. The fourth-order valence-electron chi connectivity index (χ4n) is 2.42. The first-order chi connectivity index (χ1) is 13.0. The Morgan fingerprint density at radius 3 is 2.63 bits per heavy atom. The second-order valence-corrected chi connectivity index (χ2v) is 8.46. The van der Waals surface area contributed by atoms with E-state index >= 15 is 0 Å². The molecule has 3 aromatic rings. The second kappa shape index (κ2) is 7.85. The predicted molar refractivity (Wildman–Crippen MR) is 113 cm³/mol. The van der Waals surface area contributed by atoms with E-state index in [-0.39, 0.29) is 11.8 Å². The zero-order chi connectivity index (χ0) is 18.8. The van der Waals surface area contributed by atoms with Crippen LogP contribution in [-0.4, -0.2) is 26.1 Å². The predicted octanol–water partition coefficient (Wildman–Crippen LogP) is 4.36. The first kappa shape index (κ1) is 18.2. The fourth-order valence-corrected chi connectivity index (χ4v) is 3.88. The van der Waals surface area contributed by atoms with Crippen LogP contribution in [0.2, 0.25) is 0 Å². The van der Waals surface area contributed by atoms with Crippen molar-refractivity contribution in [2.75, 3.05) is 10.6 Å². The maximum Gasteiger partial charge on any atom is 0.227 e. The highest BCUT2D eigenvalue weighted by Gasteiger charge is 2.29. The molecule has 0 aliphatic heterocycles. The number of benzene rings is 1. The van der Waals surface area contributed by atoms with Gasteiger partial charge in [-0.05, 0) is 78.4 Å². The molecule has 4 rings (SSSR count). The lowest BCUT2D eigenvalue weighted by molar-refractivity contribution is -0.117. The largest absolute Gasteiger partial charge is 0.326 e. The Labute approximate surface area is 174 Å². The number of halogens is 1. The molecule has 2 aromatic heterocycles. The highest BCUT2D eigenvalue weighted by Crippen LogP contribution is 2.31. The summed E-state index contributed by atoms with van der Waals surface area (Å²) in [6, 6.07) is 11.5. The van der Waals surface area contributed by atoms with Crippen molar-refractivity contribution in [2.24, 2.45) is 5.92 Å². The molecule has 1 amide bonds. The molecule has 0 spiro atoms. The fraction of sp³-hybridized carbons (Fsp3) is 0.222. The number of anilines is 3. The van der Waals surface area contributed by atoms with Crippen LogP contribution in [-0.2, 0) is 4.79 Å². The van der Waals surface area contributed by atoms with Crippen molar-refractivity contribution in [2.45, 2.75) is 29.8 Å². The molecule has 0 radical (unpaired) electrons. The molecular formula is C18H17IN6OS. The molecule has 27 heavy (non-hydrogen) atoms. The van der Waals surface area contributed by atoms with Crippen LogP contribution < -0.4 is 10.6 Å². The Kier molecular flexibility index (Phi) is 5.30. The van der Waals surface area contributed by atoms with Gasteiger partial charge in [0.25, 0.3) is 0 Å². The minimum atomic E-state index is 0.112. The summed E-state index contributed by atoms with van der Waals surface area (Å²) in [4.78, 5) is 21.9. The summed E-state index contributed by atoms with van der Waals surface area (Å²) in [7, 11) is 0. The number of hydrogen-bond acceptors (Lipinski definition) is 6. The van der Waals surface area contributed by atoms with Crippen molar-refractivity contribution >= 4 is 57.6 Å². The molecule has 1 aromatic carbocycles. The Morgan fingerprint density at radius 2 is 1.96 bits per heavy atom. The first-order valence-electron chi connectivity index (χ1n) is 8.47. The lowest BCUT2D eigenvalue weighted by Crippen LogP contribution is -2.12. The van der Waals surface area contributed by atoms with Gasteiger partial charge in [0.1, 0.15) is 9.52 Å². The van der Waals surface area contributed by atoms with Crippen molar-refractivity contribution in [3.63, 3.8) is 0 Å². The number of hydrogen-bond donors (Lipinski definition) is 3. The Balaban J connectivity index is 1.44. The highest BCUT2D eigenvalue weighted by atomic mass is 127. The molecule has 0 atom stereocenters. The van der Waals surface area contributed by atoms with E-state index in [4.69, 9.17) is 0 Å². The molecule has 138 valence electrons. The average molecular weight is 492 g/mol. The number of nitrogens with one attached hydrogen (secondary N) is 3. The maximum atomic E-state index is 11.8. The molecule has 0 bridgehead atoms. The summed E-state index contributed by atoms with van der Waals surface area (Å²) < 4.78 is 0.841. The monoisotopic (exact) mass is 492 g/mol. The molecule has 1 saturated carbocycles. The Morgan fingerprint density at radius 1 is 1.19 bits per heavy atom. The van der Waals surface area contributed by atoms with Gasteiger partial charge in [-0.1, -0.05) is 0 Å². The van der Waals surface area contributed by atoms with Crippen LogP contribution in [0.5, 0.6) is 0 Å². The van der Waals surface area contributed by atoms with E-state index in [0.29, 0.717) is 16.8 Å². The number of rotatable bonds is 6. The molecule has 7 nitrogen and oxygen atoms in total. The van der Waals surface area contributed by atoms with Crippen LogP contribution in [0, 0.1) is 16.5 Å². The summed E-state index contributed by atoms with van der Waals surface area (Å²) in [6.07, 6.45) is 2.00. The summed E-state index contributed by atoms with van der Waals surface area (Å²) in [5, 5.41) is 13.8. The molecule has 2 heterocycles. The van der Waals surface area contributed by atoms with Gasteiger partial charge in [-0.3, -0.25) is 9.89 Å². The van der Waals surface area contributed by atoms with Gasteiger partial charge in [0.15, 0.2) is 11.0 Å². The van der Waals surface area contributed by atoms with Gasteiger partial charge in [-0.2, -0.15) is 5.10 Å². The zero-order valence-corrected chi connectivity index (χ0v) is 17.5. The summed E-state index contributed by atoms with van der Waals surface area (Å²) in [5.41, 5.74) is 1.79. The average Bonchev–Trinajstić information content (AvgIpc) is 3.40. The SMILES string of the molecule is Cc1cc(Nc2cc(I)nc(Sc3ccc(NC(=O)C4CC4)cc3)n2)n[nH]1. The van der Waals surface area contributed by atoms with E-state index in [1.165, 1.54) is 11.8 Å². The van der Waals surface area contributed by atoms with Crippen LogP contribution in [0.1, 0.15) is 18.5 Å². The van der Waals surface area contributed by atoms with Crippen LogP contribution >= 0.6 is 34.4 Å². The van der Waals surface area contributed by atoms with Gasteiger partial charge < -0.3 is 10.6 Å². The van der Waals surface area contributed by atoms with Crippen LogP contribution in [0.3, 0.4) is 0 Å². The number of aromatic amines is 1. The molecule has 1 fully saturated rings. The minimum absolute atomic E-state index is 0.112. The quantitative estimate of drug-likeness (QED) is 0.269. The standard InChI is InChI=1S/C18H17IN6OS/c1-10-8-16(25-24-10)22-15-9-14(19)21-18(23-15)27-13-6-4-12(5-7-13)20-17(26)11-2-3-11/h4-9,11H,2-3H2,1H3,(H,20,26)(H2,21,22,23,24,25). The van der Waals surface area contributed by atoms with Gasteiger partial charge in [0.2, 0.25) is 5.91 Å². The molecule has 3 N–H and O–H groups in total. The lowest BCUT2D eigenvalue weighted by Gasteiger charge is -2.07. The topological polar surface area (TPSA) is 95.6 Å². The van der Waals surface area contributed by atoms with Crippen molar-refractivity contribution < 1.29 is 4.79 Å². The normalized spacial score (nSPS) is 13.4. The first-order valence-corrected chi connectivity index (χ1v) is 10.4. The third-order valence-corrected chi connectivity index (χ3v) is 5.34. The van der Waals surface area contributed by atoms with Crippen molar-refractivity contribution in [3.8, 4) is 0 Å². The molecule has 0 unspecified atom stereocenters. The van der Waals surface area contributed by atoms with Crippen molar-refractivity contribution in [1.29, 1.82) is 0 Å². The number of carbonyl (C=O) groups is 1. The van der Waals surface area contributed by atoms with Gasteiger partial charge in [-0.15, -0.1) is 0 Å². The Bertz CT molecular complexity index is 970. The maximum absolute atomic E-state index is 11.8. The van der Waals surface area contributed by atoms with E-state index in [2.05, 4.69) is 53.4 Å². The number of aryl methyl sites for hydroxylation is 1. The summed E-state index contributed by atoms with van der Waals surface area (Å²) in [6.45, 7) is 1.94. The van der Waals surface area contributed by atoms with Gasteiger partial charge in [-0.25, -0.2) is 9.97 Å². The van der Waals surface area contributed by atoms with Crippen LogP contribution in [0.15, 0.2) is 46.5 Å². The molecule has 1 aliphatic carbocycles. The highest BCUT2D eigenvalue weighted by molar-refractivity contribution is 14.1. The zero-order valence-electron chi connectivity index (χ0n) is 14.5. The van der Waals surface area contributed by atoms with E-state index in [9.17, 15) is 4.79 Å². The van der Waals surface area contributed by atoms with Gasteiger partial charge in [0, 0.05) is 34.3 Å². The smallest absolute Gasteiger partial charge is 0.227 e. The number of H-pyrrole nitrogens is 1. The van der Waals surface area contributed by atoms with Crippen LogP contribution in [0.25, 0.3) is 0 Å². The molecule has 1 aliphatic rings. The number of amides is 1. The summed E-state index contributed by atoms with van der Waals surface area (Å²) >= 11 is 3.64. The van der Waals surface area contributed by atoms with Gasteiger partial charge >= 0.3 is 0 Å². The van der Waals surface area contributed by atoms with Crippen molar-refractivity contribution in [1.82, 2.24) is 20.2 Å². The number of carbonyl (C=O) groups excluding carboxylic acids is 1. The third kappa shape index (κ3) is 4.98. The van der Waals surface area contributed by atoms with Gasteiger partial charge in [0.05, 0.1) is 0 Å². The summed E-state index contributed by atoms with van der Waals surface area (Å²) in [5.74, 6) is 1.72. The second-order valence-electron chi connectivity index (χ2n) is 6.31. The van der Waals surface area contributed by atoms with E-state index in [1.807, 2.05) is 43.3 Å². The van der Waals surface area contributed by atoms with E-state index < -0.39 is 0 Å². The van der Waals surface area contributed by atoms with E-state index in [1.54, 1.807) is 0 Å². The minimum Gasteiger partial charge on any atom is -0.326 e. The molecular weight excluding hydrogens is 475 g/mol. The van der Waals surface area contributed by atoms with E-state index in [0.717, 1.165) is 32.8 Å². The Hall–Kier alpha value is -2.14. The van der Waals surface area contributed by atoms with Crippen molar-refractivity contribution in [3.05, 3.63) is 45.8 Å². The third-order valence-electron chi connectivity index (χ3n) is 3.92. The van der Waals surface area contributed by atoms with Crippen LogP contribution in [0.4, 0.5) is 17.3 Å². The molecule has 0 saturated heterocycles. The number of aromatic nitrogens is 4.